The van der Waals surface area contributed by atoms with E-state index in [1.165, 1.54) is 10.5 Å². The number of para-hydroxylation sites is 2. The number of guanidine groups is 1. The van der Waals surface area contributed by atoms with Gasteiger partial charge in [0, 0.05) is 46.3 Å². The number of rotatable bonds is 4. The molecule has 3 aromatic rings. The second-order valence-electron chi connectivity index (χ2n) is 6.33. The molecule has 0 saturated carbocycles. The van der Waals surface area contributed by atoms with Crippen LogP contribution < -0.4 is 10.2 Å². The van der Waals surface area contributed by atoms with E-state index in [9.17, 15) is 0 Å². The van der Waals surface area contributed by atoms with E-state index in [-0.39, 0.29) is 0 Å². The van der Waals surface area contributed by atoms with Crippen molar-refractivity contribution in [1.82, 2.24) is 19.8 Å². The summed E-state index contributed by atoms with van der Waals surface area (Å²) in [6.45, 7) is 5.75. The minimum absolute atomic E-state index is 0.832. The predicted molar refractivity (Wildman–Crippen MR) is 109 cm³/mol. The van der Waals surface area contributed by atoms with Crippen LogP contribution in [0.3, 0.4) is 0 Å². The van der Waals surface area contributed by atoms with Crippen LogP contribution in [0.25, 0.3) is 11.0 Å². The maximum Gasteiger partial charge on any atom is 0.193 e. The van der Waals surface area contributed by atoms with Crippen molar-refractivity contribution < 1.29 is 0 Å². The normalized spacial score (nSPS) is 15.7. The van der Waals surface area contributed by atoms with Gasteiger partial charge in [-0.25, -0.2) is 4.98 Å². The van der Waals surface area contributed by atoms with Crippen molar-refractivity contribution >= 4 is 33.3 Å². The van der Waals surface area contributed by atoms with Crippen molar-refractivity contribution in [3.8, 4) is 0 Å². The quantitative estimate of drug-likeness (QED) is 0.568. The Labute approximate surface area is 157 Å². The lowest BCUT2D eigenvalue weighted by Crippen LogP contribution is -2.52. The third-order valence-electron chi connectivity index (χ3n) is 4.77. The molecular formula is C19H24N6S. The first kappa shape index (κ1) is 16.9. The molecule has 136 valence electrons. The van der Waals surface area contributed by atoms with Crippen LogP contribution in [0.15, 0.2) is 53.1 Å². The van der Waals surface area contributed by atoms with E-state index in [0.717, 1.165) is 50.7 Å². The van der Waals surface area contributed by atoms with Crippen LogP contribution in [-0.4, -0.2) is 60.2 Å². The number of benzene rings is 1. The number of piperazine rings is 1. The van der Waals surface area contributed by atoms with Gasteiger partial charge in [-0.1, -0.05) is 12.1 Å². The molecule has 0 bridgehead atoms. The molecule has 3 heterocycles. The fourth-order valence-electron chi connectivity index (χ4n) is 3.40. The second-order valence-corrected chi connectivity index (χ2v) is 7.25. The highest BCUT2D eigenvalue weighted by Crippen LogP contribution is 2.22. The Morgan fingerprint density at radius 2 is 2.00 bits per heavy atom. The topological polar surface area (TPSA) is 48.7 Å². The number of nitrogens with one attached hydrogen (secondary N) is 1. The van der Waals surface area contributed by atoms with E-state index in [1.54, 1.807) is 0 Å². The molecule has 1 fully saturated rings. The van der Waals surface area contributed by atoms with Crippen molar-refractivity contribution in [2.75, 3.05) is 44.7 Å². The van der Waals surface area contributed by atoms with Crippen molar-refractivity contribution in [3.63, 3.8) is 0 Å². The summed E-state index contributed by atoms with van der Waals surface area (Å²) in [5.74, 6) is 0.986. The zero-order chi connectivity index (χ0) is 17.8. The van der Waals surface area contributed by atoms with Crippen LogP contribution in [0.4, 0.5) is 5.00 Å². The van der Waals surface area contributed by atoms with E-state index in [2.05, 4.69) is 59.3 Å². The van der Waals surface area contributed by atoms with Crippen LogP contribution in [-0.2, 0) is 6.54 Å². The third kappa shape index (κ3) is 3.53. The number of anilines is 1. The average molecular weight is 369 g/mol. The molecule has 26 heavy (non-hydrogen) atoms. The molecule has 0 amide bonds. The van der Waals surface area contributed by atoms with Gasteiger partial charge in [0.25, 0.3) is 0 Å². The summed E-state index contributed by atoms with van der Waals surface area (Å²) >= 11 is 1.81. The molecule has 0 radical (unpaired) electrons. The first-order chi connectivity index (χ1) is 12.8. The van der Waals surface area contributed by atoms with E-state index >= 15 is 0 Å². The number of thiophene rings is 1. The van der Waals surface area contributed by atoms with Crippen molar-refractivity contribution in [2.45, 2.75) is 6.54 Å². The summed E-state index contributed by atoms with van der Waals surface area (Å²) in [6, 6.07) is 12.6. The summed E-state index contributed by atoms with van der Waals surface area (Å²) in [5.41, 5.74) is 2.22. The SMILES string of the molecule is CN=C(NCCn1cnc2ccccc21)N1CCN(c2cccs2)CC1. The van der Waals surface area contributed by atoms with E-state index in [1.807, 2.05) is 36.8 Å². The molecule has 0 unspecified atom stereocenters. The Balaban J connectivity index is 1.30. The molecular weight excluding hydrogens is 344 g/mol. The van der Waals surface area contributed by atoms with Crippen molar-refractivity contribution in [2.24, 2.45) is 4.99 Å². The number of fused-ring (bicyclic) bond motifs is 1. The minimum atomic E-state index is 0.832. The zero-order valence-corrected chi connectivity index (χ0v) is 15.8. The highest BCUT2D eigenvalue weighted by atomic mass is 32.1. The van der Waals surface area contributed by atoms with Gasteiger partial charge in [0.1, 0.15) is 0 Å². The predicted octanol–water partition coefficient (Wildman–Crippen LogP) is 2.50. The van der Waals surface area contributed by atoms with Gasteiger partial charge < -0.3 is 19.7 Å². The van der Waals surface area contributed by atoms with E-state index < -0.39 is 0 Å². The van der Waals surface area contributed by atoms with Gasteiger partial charge in [0.05, 0.1) is 22.4 Å². The summed E-state index contributed by atoms with van der Waals surface area (Å²) in [7, 11) is 1.86. The standard InChI is InChI=1S/C19H24N6S/c1-20-19(24-12-10-23(11-13-24)18-7-4-14-26-18)21-8-9-25-15-22-16-5-2-3-6-17(16)25/h2-7,14-15H,8-13H2,1H3,(H,20,21). The summed E-state index contributed by atoms with van der Waals surface area (Å²) in [6.07, 6.45) is 1.91. The molecule has 2 aromatic heterocycles. The summed E-state index contributed by atoms with van der Waals surface area (Å²) < 4.78 is 2.18. The number of hydrogen-bond donors (Lipinski definition) is 1. The number of nitrogens with zero attached hydrogens (tertiary/aromatic N) is 5. The largest absolute Gasteiger partial charge is 0.360 e. The Bertz CT molecular complexity index is 861. The number of aromatic nitrogens is 2. The lowest BCUT2D eigenvalue weighted by molar-refractivity contribution is 0.372. The van der Waals surface area contributed by atoms with Gasteiger partial charge in [-0.15, -0.1) is 11.3 Å². The minimum Gasteiger partial charge on any atom is -0.360 e. The highest BCUT2D eigenvalue weighted by molar-refractivity contribution is 7.14. The lowest BCUT2D eigenvalue weighted by Gasteiger charge is -2.37. The summed E-state index contributed by atoms with van der Waals surface area (Å²) in [4.78, 5) is 13.7. The van der Waals surface area contributed by atoms with Gasteiger partial charge in [0.2, 0.25) is 0 Å². The summed E-state index contributed by atoms with van der Waals surface area (Å²) in [5, 5.41) is 7.00. The lowest BCUT2D eigenvalue weighted by atomic mass is 10.3. The third-order valence-corrected chi connectivity index (χ3v) is 5.70. The molecule has 1 aromatic carbocycles. The monoisotopic (exact) mass is 368 g/mol. The van der Waals surface area contributed by atoms with Gasteiger partial charge >= 0.3 is 0 Å². The molecule has 0 spiro atoms. The van der Waals surface area contributed by atoms with E-state index in [0.29, 0.717) is 0 Å². The van der Waals surface area contributed by atoms with Crippen LogP contribution in [0, 0.1) is 0 Å². The Kier molecular flexibility index (Phi) is 5.06. The number of imidazole rings is 1. The van der Waals surface area contributed by atoms with Gasteiger partial charge in [-0.2, -0.15) is 0 Å². The fraction of sp³-hybridized carbons (Fsp3) is 0.368. The second kappa shape index (κ2) is 7.78. The van der Waals surface area contributed by atoms with Gasteiger partial charge in [0.15, 0.2) is 5.96 Å². The zero-order valence-electron chi connectivity index (χ0n) is 15.0. The molecule has 1 N–H and O–H groups in total. The highest BCUT2D eigenvalue weighted by Gasteiger charge is 2.20. The maximum atomic E-state index is 4.47. The number of hydrogen-bond acceptors (Lipinski definition) is 4. The molecule has 0 aliphatic carbocycles. The molecule has 7 heteroatoms. The molecule has 1 saturated heterocycles. The van der Waals surface area contributed by atoms with Crippen LogP contribution in [0.5, 0.6) is 0 Å². The fourth-order valence-corrected chi connectivity index (χ4v) is 4.18. The van der Waals surface area contributed by atoms with Gasteiger partial charge in [-0.3, -0.25) is 4.99 Å². The maximum absolute atomic E-state index is 4.47. The first-order valence-corrected chi connectivity index (χ1v) is 9.87. The average Bonchev–Trinajstić information content (AvgIpc) is 3.36. The molecule has 1 aliphatic heterocycles. The van der Waals surface area contributed by atoms with Crippen molar-refractivity contribution in [3.05, 3.63) is 48.1 Å². The Morgan fingerprint density at radius 3 is 2.77 bits per heavy atom. The van der Waals surface area contributed by atoms with Crippen molar-refractivity contribution in [1.29, 1.82) is 0 Å². The van der Waals surface area contributed by atoms with Gasteiger partial charge in [-0.05, 0) is 29.6 Å². The molecule has 1 aliphatic rings. The van der Waals surface area contributed by atoms with E-state index in [4.69, 9.17) is 0 Å². The van der Waals surface area contributed by atoms with Crippen LogP contribution in [0.2, 0.25) is 0 Å². The molecule has 0 atom stereocenters. The first-order valence-electron chi connectivity index (χ1n) is 8.99. The smallest absolute Gasteiger partial charge is 0.193 e. The van der Waals surface area contributed by atoms with Crippen LogP contribution in [0.1, 0.15) is 0 Å². The Morgan fingerprint density at radius 1 is 1.15 bits per heavy atom. The Hall–Kier alpha value is -2.54. The van der Waals surface area contributed by atoms with Crippen LogP contribution >= 0.6 is 11.3 Å². The molecule has 6 nitrogen and oxygen atoms in total. The number of aliphatic imine (C=N–C) groups is 1. The molecule has 4 rings (SSSR count).